The predicted octanol–water partition coefficient (Wildman–Crippen LogP) is 2.96. The summed E-state index contributed by atoms with van der Waals surface area (Å²) in [5.74, 6) is 0.376. The van der Waals surface area contributed by atoms with Crippen LogP contribution in [0.15, 0.2) is 83.7 Å². The molecule has 5 rings (SSSR count). The van der Waals surface area contributed by atoms with Crippen LogP contribution in [0, 0.1) is 0 Å². The molecule has 7 nitrogen and oxygen atoms in total. The Morgan fingerprint density at radius 2 is 1.70 bits per heavy atom. The number of amides is 1. The summed E-state index contributed by atoms with van der Waals surface area (Å²) < 4.78 is 7.03. The predicted molar refractivity (Wildman–Crippen MR) is 112 cm³/mol. The lowest BCUT2D eigenvalue weighted by Crippen LogP contribution is -2.44. The van der Waals surface area contributed by atoms with Gasteiger partial charge in [0.1, 0.15) is 24.4 Å². The van der Waals surface area contributed by atoms with Crippen LogP contribution in [0.25, 0.3) is 10.9 Å². The summed E-state index contributed by atoms with van der Waals surface area (Å²) in [5.41, 5.74) is 1.79. The van der Waals surface area contributed by atoms with Crippen LogP contribution in [0.4, 0.5) is 5.69 Å². The molecule has 0 fully saturated rings. The molecule has 0 aliphatic carbocycles. The average Bonchev–Trinajstić information content (AvgIpc) is 2.81. The molecule has 1 amide bonds. The zero-order valence-corrected chi connectivity index (χ0v) is 16.0. The first kappa shape index (κ1) is 18.1. The fourth-order valence-electron chi connectivity index (χ4n) is 3.75. The molecule has 30 heavy (non-hydrogen) atoms. The van der Waals surface area contributed by atoms with Crippen LogP contribution >= 0.6 is 0 Å². The summed E-state index contributed by atoms with van der Waals surface area (Å²) in [6.45, 7) is 0.111. The van der Waals surface area contributed by atoms with Crippen molar-refractivity contribution in [3.8, 4) is 5.75 Å². The summed E-state index contributed by atoms with van der Waals surface area (Å²) in [5, 5.41) is 8.48. The van der Waals surface area contributed by atoms with Gasteiger partial charge < -0.3 is 4.74 Å². The maximum atomic E-state index is 13.4. The van der Waals surface area contributed by atoms with Gasteiger partial charge in [0.15, 0.2) is 0 Å². The van der Waals surface area contributed by atoms with Crippen LogP contribution in [0.5, 0.6) is 5.75 Å². The van der Waals surface area contributed by atoms with Crippen molar-refractivity contribution in [2.24, 2.45) is 0 Å². The lowest BCUT2D eigenvalue weighted by Gasteiger charge is -2.37. The highest BCUT2D eigenvalue weighted by molar-refractivity contribution is 5.96. The number of rotatable bonds is 3. The fraction of sp³-hybridized carbons (Fsp3) is 0.130. The number of hydrogen-bond acceptors (Lipinski definition) is 5. The Labute approximate surface area is 172 Å². The third-order valence-electron chi connectivity index (χ3n) is 5.20. The van der Waals surface area contributed by atoms with Gasteiger partial charge in [0.05, 0.1) is 17.1 Å². The molecular weight excluding hydrogens is 380 g/mol. The first-order chi connectivity index (χ1) is 14.7. The van der Waals surface area contributed by atoms with Gasteiger partial charge in [-0.2, -0.15) is 0 Å². The Morgan fingerprint density at radius 3 is 2.57 bits per heavy atom. The van der Waals surface area contributed by atoms with Crippen molar-refractivity contribution >= 4 is 22.5 Å². The highest BCUT2D eigenvalue weighted by Gasteiger charge is 2.33. The first-order valence-corrected chi connectivity index (χ1v) is 9.64. The topological polar surface area (TPSA) is 77.3 Å². The van der Waals surface area contributed by atoms with Crippen molar-refractivity contribution < 1.29 is 9.53 Å². The van der Waals surface area contributed by atoms with Crippen LogP contribution in [-0.2, 0) is 11.3 Å². The molecule has 1 atom stereocenters. The molecule has 0 bridgehead atoms. The van der Waals surface area contributed by atoms with Gasteiger partial charge in [0.2, 0.25) is 5.91 Å². The van der Waals surface area contributed by atoms with Crippen molar-refractivity contribution in [2.45, 2.75) is 12.6 Å². The van der Waals surface area contributed by atoms with Gasteiger partial charge in [-0.1, -0.05) is 59.8 Å². The molecule has 1 aliphatic rings. The third-order valence-corrected chi connectivity index (χ3v) is 5.20. The smallest absolute Gasteiger partial charge is 0.278 e. The van der Waals surface area contributed by atoms with Gasteiger partial charge >= 0.3 is 0 Å². The highest BCUT2D eigenvalue weighted by Crippen LogP contribution is 2.39. The standard InChI is InChI=1S/C23H18N4O3/c28-22(14-26-23(29)17-10-4-5-11-18(17)24-25-26)27-19-12-6-7-13-21(19)30-15-20(27)16-8-2-1-3-9-16/h1-13,20H,14-15H2/t20-/m0/s1. The van der Waals surface area contributed by atoms with E-state index in [1.165, 1.54) is 0 Å². The van der Waals surface area contributed by atoms with Gasteiger partial charge in [-0.15, -0.1) is 5.10 Å². The number of anilines is 1. The molecule has 1 aromatic heterocycles. The number of ether oxygens (including phenoxy) is 1. The van der Waals surface area contributed by atoms with E-state index in [0.717, 1.165) is 10.2 Å². The summed E-state index contributed by atoms with van der Waals surface area (Å²) in [6, 6.07) is 23.8. The molecule has 4 aromatic rings. The van der Waals surface area contributed by atoms with Crippen molar-refractivity contribution in [3.63, 3.8) is 0 Å². The third kappa shape index (κ3) is 3.10. The van der Waals surface area contributed by atoms with Gasteiger partial charge in [0, 0.05) is 0 Å². The molecule has 3 aromatic carbocycles. The van der Waals surface area contributed by atoms with Gasteiger partial charge in [0.25, 0.3) is 5.56 Å². The van der Waals surface area contributed by atoms with E-state index in [0.29, 0.717) is 28.9 Å². The number of aromatic nitrogens is 3. The van der Waals surface area contributed by atoms with Crippen LogP contribution < -0.4 is 15.2 Å². The number of hydrogen-bond donors (Lipinski definition) is 0. The number of carbonyl (C=O) groups excluding carboxylic acids is 1. The van der Waals surface area contributed by atoms with E-state index in [1.54, 1.807) is 29.2 Å². The Hall–Kier alpha value is -4.00. The quantitative estimate of drug-likeness (QED) is 0.530. The minimum atomic E-state index is -0.341. The molecule has 0 saturated carbocycles. The molecule has 0 N–H and O–H groups in total. The Morgan fingerprint density at radius 1 is 0.967 bits per heavy atom. The van der Waals surface area contributed by atoms with Crippen LogP contribution in [0.2, 0.25) is 0 Å². The lowest BCUT2D eigenvalue weighted by molar-refractivity contribution is -0.120. The van der Waals surface area contributed by atoms with Crippen molar-refractivity contribution in [1.29, 1.82) is 0 Å². The molecule has 0 spiro atoms. The van der Waals surface area contributed by atoms with Crippen LogP contribution in [0.3, 0.4) is 0 Å². The normalized spacial score (nSPS) is 15.5. The van der Waals surface area contributed by atoms with E-state index in [9.17, 15) is 9.59 Å². The number of fused-ring (bicyclic) bond motifs is 2. The van der Waals surface area contributed by atoms with Crippen LogP contribution in [0.1, 0.15) is 11.6 Å². The summed E-state index contributed by atoms with van der Waals surface area (Å²) in [6.07, 6.45) is 0. The van der Waals surface area contributed by atoms with E-state index in [2.05, 4.69) is 10.3 Å². The number of benzene rings is 3. The number of nitrogens with zero attached hydrogens (tertiary/aromatic N) is 4. The minimum absolute atomic E-state index is 0.214. The largest absolute Gasteiger partial charge is 0.489 e. The molecule has 148 valence electrons. The maximum Gasteiger partial charge on any atom is 0.278 e. The van der Waals surface area contributed by atoms with Gasteiger partial charge in [-0.05, 0) is 29.8 Å². The second-order valence-electron chi connectivity index (χ2n) is 7.04. The maximum absolute atomic E-state index is 13.4. The molecule has 0 unspecified atom stereocenters. The minimum Gasteiger partial charge on any atom is -0.489 e. The lowest BCUT2D eigenvalue weighted by atomic mass is 10.0. The van der Waals surface area contributed by atoms with E-state index in [1.807, 2.05) is 54.6 Å². The van der Waals surface area contributed by atoms with E-state index in [4.69, 9.17) is 4.74 Å². The van der Waals surface area contributed by atoms with Gasteiger partial charge in [-0.25, -0.2) is 4.68 Å². The number of para-hydroxylation sites is 2. The first-order valence-electron chi connectivity index (χ1n) is 9.64. The SMILES string of the molecule is O=C(Cn1nnc2ccccc2c1=O)N1c2ccccc2OC[C@H]1c1ccccc1. The second-order valence-corrected chi connectivity index (χ2v) is 7.04. The molecule has 1 aliphatic heterocycles. The molecule has 0 radical (unpaired) electrons. The highest BCUT2D eigenvalue weighted by atomic mass is 16.5. The zero-order valence-electron chi connectivity index (χ0n) is 16.0. The summed E-state index contributed by atoms with van der Waals surface area (Å²) in [4.78, 5) is 27.9. The van der Waals surface area contributed by atoms with E-state index in [-0.39, 0.29) is 24.1 Å². The Bertz CT molecular complexity index is 1290. The van der Waals surface area contributed by atoms with E-state index < -0.39 is 0 Å². The van der Waals surface area contributed by atoms with Crippen molar-refractivity contribution in [1.82, 2.24) is 15.0 Å². The molecular formula is C23H18N4O3. The Balaban J connectivity index is 1.55. The second kappa shape index (κ2) is 7.44. The van der Waals surface area contributed by atoms with E-state index >= 15 is 0 Å². The monoisotopic (exact) mass is 398 g/mol. The summed E-state index contributed by atoms with van der Waals surface area (Å²) >= 11 is 0. The summed E-state index contributed by atoms with van der Waals surface area (Å²) in [7, 11) is 0. The average molecular weight is 398 g/mol. The van der Waals surface area contributed by atoms with Gasteiger partial charge in [-0.3, -0.25) is 14.5 Å². The van der Waals surface area contributed by atoms with Crippen molar-refractivity contribution in [3.05, 3.63) is 94.8 Å². The molecule has 2 heterocycles. The number of carbonyl (C=O) groups is 1. The molecule has 7 heteroatoms. The van der Waals surface area contributed by atoms with Crippen LogP contribution in [-0.4, -0.2) is 27.5 Å². The molecule has 0 saturated heterocycles. The Kier molecular flexibility index (Phi) is 4.48. The van der Waals surface area contributed by atoms with Crippen molar-refractivity contribution in [2.75, 3.05) is 11.5 Å². The fourth-order valence-corrected chi connectivity index (χ4v) is 3.75. The zero-order chi connectivity index (χ0) is 20.5.